The fourth-order valence-corrected chi connectivity index (χ4v) is 0.702. The number of nitrogens with two attached hydrogens (primary N) is 1. The summed E-state index contributed by atoms with van der Waals surface area (Å²) in [6, 6.07) is -1.26. The van der Waals surface area contributed by atoms with Crippen LogP contribution in [0.2, 0.25) is 0 Å². The highest BCUT2D eigenvalue weighted by Crippen LogP contribution is 2.01. The van der Waals surface area contributed by atoms with Crippen molar-refractivity contribution in [1.82, 2.24) is 0 Å². The zero-order valence-electron chi connectivity index (χ0n) is 9.70. The van der Waals surface area contributed by atoms with E-state index >= 15 is 0 Å². The molecule has 0 spiro atoms. The van der Waals surface area contributed by atoms with Crippen LogP contribution in [0.15, 0.2) is 0 Å². The van der Waals surface area contributed by atoms with Gasteiger partial charge in [-0.2, -0.15) is 0 Å². The molecule has 0 aromatic rings. The first-order valence-corrected chi connectivity index (χ1v) is 5.11. The molecule has 0 aliphatic rings. The molecule has 0 aromatic heterocycles. The van der Waals surface area contributed by atoms with E-state index in [1.165, 1.54) is 0 Å². The van der Waals surface area contributed by atoms with Gasteiger partial charge in [-0.05, 0) is 0 Å². The molecule has 0 bridgehead atoms. The zero-order valence-corrected chi connectivity index (χ0v) is 9.70. The molecule has 4 atom stereocenters. The Kier molecular flexibility index (Phi) is 12.5. The quantitative estimate of drug-likeness (QED) is 0.210. The maximum atomic E-state index is 10.0. The van der Waals surface area contributed by atoms with Crippen molar-refractivity contribution in [2.45, 2.75) is 30.5 Å². The minimum atomic E-state index is -1.62. The zero-order chi connectivity index (χ0) is 14.7. The minimum absolute atomic E-state index is 0.248. The lowest BCUT2D eigenvalue weighted by Gasteiger charge is -2.23. The number of aliphatic hydroxyl groups is 7. The van der Waals surface area contributed by atoms with Crippen LogP contribution in [-0.4, -0.2) is 92.3 Å². The third kappa shape index (κ3) is 8.44. The number of rotatable bonds is 7. The molecule has 0 radical (unpaired) electrons. The highest BCUT2D eigenvalue weighted by atomic mass is 16.4. The molecule has 0 saturated carbocycles. The fraction of sp³-hybridized carbons (Fsp3) is 0.889. The van der Waals surface area contributed by atoms with E-state index in [4.69, 9.17) is 41.5 Å². The maximum Gasteiger partial charge on any atom is 0.139 e. The molecule has 9 heteroatoms. The predicted molar refractivity (Wildman–Crippen MR) is 59.3 cm³/mol. The molecule has 0 rings (SSSR count). The second kappa shape index (κ2) is 11.4. The van der Waals surface area contributed by atoms with E-state index < -0.39 is 37.1 Å². The molecule has 18 heavy (non-hydrogen) atoms. The van der Waals surface area contributed by atoms with Crippen molar-refractivity contribution in [3.8, 4) is 0 Å². The smallest absolute Gasteiger partial charge is 0.139 e. The summed E-state index contributed by atoms with van der Waals surface area (Å²) in [6.45, 7) is -1.43. The average molecular weight is 271 g/mol. The number of carbonyl (C=O) groups is 1. The van der Waals surface area contributed by atoms with E-state index in [2.05, 4.69) is 0 Å². The standard InChI is InChI=1S/C6H13NO5.C3H8O3/c7-3(1-8)5(11)6(12)4(10)2-9;4-1-3(6)2-5/h1,3-6,9-12H,2,7H2;3-6H,1-2H2/t3-,4+,5+,6+;/m0./s1. The van der Waals surface area contributed by atoms with Gasteiger partial charge in [-0.1, -0.05) is 0 Å². The monoisotopic (exact) mass is 271 g/mol. The van der Waals surface area contributed by atoms with Crippen LogP contribution < -0.4 is 5.73 Å². The molecule has 0 saturated heterocycles. The second-order valence-electron chi connectivity index (χ2n) is 3.46. The van der Waals surface area contributed by atoms with Crippen LogP contribution in [-0.2, 0) is 4.79 Å². The fourth-order valence-electron chi connectivity index (χ4n) is 0.702. The highest BCUT2D eigenvalue weighted by molar-refractivity contribution is 5.58. The van der Waals surface area contributed by atoms with Gasteiger partial charge < -0.3 is 46.3 Å². The number of aldehydes is 1. The summed E-state index contributed by atoms with van der Waals surface area (Å²) < 4.78 is 0. The topological polar surface area (TPSA) is 185 Å². The van der Waals surface area contributed by atoms with E-state index in [1.807, 2.05) is 0 Å². The van der Waals surface area contributed by atoms with Crippen LogP contribution in [0.5, 0.6) is 0 Å². The van der Waals surface area contributed by atoms with Crippen LogP contribution in [0, 0.1) is 0 Å². The molecular weight excluding hydrogens is 250 g/mol. The van der Waals surface area contributed by atoms with Gasteiger partial charge >= 0.3 is 0 Å². The Morgan fingerprint density at radius 1 is 0.889 bits per heavy atom. The van der Waals surface area contributed by atoms with E-state index in [9.17, 15) is 4.79 Å². The van der Waals surface area contributed by atoms with Gasteiger partial charge in [-0.3, -0.25) is 0 Å². The SMILES string of the molecule is N[C@@H](C=O)[C@@H](O)[C@H](O)[C@H](O)CO.OCC(O)CO. The van der Waals surface area contributed by atoms with Crippen molar-refractivity contribution >= 4 is 6.29 Å². The van der Waals surface area contributed by atoms with Crippen LogP contribution in [0.4, 0.5) is 0 Å². The van der Waals surface area contributed by atoms with Gasteiger partial charge in [0.05, 0.1) is 25.9 Å². The summed E-state index contributed by atoms with van der Waals surface area (Å²) in [6.07, 6.45) is -5.38. The first-order chi connectivity index (χ1) is 8.35. The van der Waals surface area contributed by atoms with Gasteiger partial charge in [-0.25, -0.2) is 0 Å². The summed E-state index contributed by atoms with van der Waals surface area (Å²) >= 11 is 0. The summed E-state index contributed by atoms with van der Waals surface area (Å²) in [5, 5.41) is 59.2. The molecule has 0 unspecified atom stereocenters. The molecule has 9 nitrogen and oxygen atoms in total. The summed E-state index contributed by atoms with van der Waals surface area (Å²) in [5.41, 5.74) is 5.04. The van der Waals surface area contributed by atoms with Gasteiger partial charge in [0.1, 0.15) is 30.7 Å². The lowest BCUT2D eigenvalue weighted by atomic mass is 10.0. The van der Waals surface area contributed by atoms with Crippen LogP contribution in [0.25, 0.3) is 0 Å². The Morgan fingerprint density at radius 3 is 1.56 bits per heavy atom. The van der Waals surface area contributed by atoms with Gasteiger partial charge in [0.2, 0.25) is 0 Å². The van der Waals surface area contributed by atoms with E-state index in [0.29, 0.717) is 0 Å². The minimum Gasteiger partial charge on any atom is -0.394 e. The third-order valence-corrected chi connectivity index (χ3v) is 1.90. The number of aliphatic hydroxyl groups excluding tert-OH is 7. The third-order valence-electron chi connectivity index (χ3n) is 1.90. The second-order valence-corrected chi connectivity index (χ2v) is 3.46. The van der Waals surface area contributed by atoms with E-state index in [-0.39, 0.29) is 19.5 Å². The lowest BCUT2D eigenvalue weighted by molar-refractivity contribution is -0.118. The van der Waals surface area contributed by atoms with Gasteiger partial charge in [0.15, 0.2) is 0 Å². The molecular formula is C9H21NO8. The van der Waals surface area contributed by atoms with Crippen LogP contribution in [0.3, 0.4) is 0 Å². The van der Waals surface area contributed by atoms with Crippen molar-refractivity contribution in [1.29, 1.82) is 0 Å². The molecule has 0 aliphatic heterocycles. The average Bonchev–Trinajstić information content (AvgIpc) is 2.43. The summed E-state index contributed by atoms with van der Waals surface area (Å²) in [7, 11) is 0. The lowest BCUT2D eigenvalue weighted by Crippen LogP contribution is -2.49. The Labute approximate surface area is 104 Å². The van der Waals surface area contributed by atoms with Gasteiger partial charge in [0.25, 0.3) is 0 Å². The number of carbonyl (C=O) groups excluding carboxylic acids is 1. The van der Waals surface area contributed by atoms with Crippen LogP contribution >= 0.6 is 0 Å². The predicted octanol–water partition coefficient (Wildman–Crippen LogP) is -5.08. The van der Waals surface area contributed by atoms with Gasteiger partial charge in [0, 0.05) is 0 Å². The number of hydrogen-bond donors (Lipinski definition) is 8. The van der Waals surface area contributed by atoms with E-state index in [1.54, 1.807) is 0 Å². The molecule has 0 heterocycles. The Bertz CT molecular complexity index is 201. The largest absolute Gasteiger partial charge is 0.394 e. The number of hydrogen-bond acceptors (Lipinski definition) is 9. The molecule has 110 valence electrons. The first kappa shape index (κ1) is 19.7. The van der Waals surface area contributed by atoms with Gasteiger partial charge in [-0.15, -0.1) is 0 Å². The maximum absolute atomic E-state index is 10.0. The molecule has 0 aliphatic carbocycles. The Hall–Kier alpha value is -0.650. The Morgan fingerprint density at radius 2 is 1.33 bits per heavy atom. The van der Waals surface area contributed by atoms with Crippen molar-refractivity contribution in [2.24, 2.45) is 5.73 Å². The molecule has 0 fully saturated rings. The first-order valence-electron chi connectivity index (χ1n) is 5.11. The van der Waals surface area contributed by atoms with Crippen molar-refractivity contribution < 1.29 is 40.5 Å². The molecule has 0 amide bonds. The molecule has 9 N–H and O–H groups in total. The Balaban J connectivity index is 0. The van der Waals surface area contributed by atoms with Crippen molar-refractivity contribution in [3.63, 3.8) is 0 Å². The summed E-state index contributed by atoms with van der Waals surface area (Å²) in [4.78, 5) is 10.0. The van der Waals surface area contributed by atoms with Crippen molar-refractivity contribution in [2.75, 3.05) is 19.8 Å². The highest BCUT2D eigenvalue weighted by Gasteiger charge is 2.28. The van der Waals surface area contributed by atoms with Crippen molar-refractivity contribution in [3.05, 3.63) is 0 Å². The summed E-state index contributed by atoms with van der Waals surface area (Å²) in [5.74, 6) is 0. The van der Waals surface area contributed by atoms with Crippen LogP contribution in [0.1, 0.15) is 0 Å². The van der Waals surface area contributed by atoms with E-state index in [0.717, 1.165) is 0 Å². The normalized spacial score (nSPS) is 17.4. The molecule has 0 aromatic carbocycles.